The zero-order chi connectivity index (χ0) is 17.7. The number of carbonyl (C=O) groups excluding carboxylic acids is 1. The fourth-order valence-electron chi connectivity index (χ4n) is 1.81. The van der Waals surface area contributed by atoms with Crippen LogP contribution in [-0.4, -0.2) is 12.0 Å². The number of hydrogen-bond donors (Lipinski definition) is 2. The molecule has 1 unspecified atom stereocenters. The number of hydrazine groups is 1. The summed E-state index contributed by atoms with van der Waals surface area (Å²) in [6.07, 6.45) is -5.15. The van der Waals surface area contributed by atoms with Crippen LogP contribution < -0.4 is 20.7 Å². The maximum absolute atomic E-state index is 12.5. The molecule has 0 radical (unpaired) electrons. The highest BCUT2D eigenvalue weighted by molar-refractivity contribution is 5.80. The van der Waals surface area contributed by atoms with Crippen molar-refractivity contribution < 1.29 is 27.4 Å². The Kier molecular flexibility index (Phi) is 5.30. The molecule has 0 aromatic heterocycles. The van der Waals surface area contributed by atoms with Crippen molar-refractivity contribution in [1.82, 2.24) is 5.43 Å². The summed E-state index contributed by atoms with van der Waals surface area (Å²) in [6, 6.07) is 10.6. The van der Waals surface area contributed by atoms with Crippen LogP contribution >= 0.6 is 0 Å². The molecule has 1 amide bonds. The van der Waals surface area contributed by atoms with Crippen molar-refractivity contribution in [3.05, 3.63) is 54.1 Å². The van der Waals surface area contributed by atoms with Gasteiger partial charge in [0.25, 0.3) is 5.91 Å². The van der Waals surface area contributed by atoms with Gasteiger partial charge in [0, 0.05) is 0 Å². The SMILES string of the molecule is CC(Oc1ccc(Oc2ccc(C(F)(F)F)cc2)cc1)C(=O)NN. The summed E-state index contributed by atoms with van der Waals surface area (Å²) in [5.74, 6) is 5.64. The van der Waals surface area contributed by atoms with E-state index in [1.165, 1.54) is 19.1 Å². The van der Waals surface area contributed by atoms with Crippen LogP contribution in [0.1, 0.15) is 12.5 Å². The van der Waals surface area contributed by atoms with E-state index < -0.39 is 23.8 Å². The number of amides is 1. The fraction of sp³-hybridized carbons (Fsp3) is 0.188. The first kappa shape index (κ1) is 17.6. The number of carbonyl (C=O) groups is 1. The third-order valence-corrected chi connectivity index (χ3v) is 3.07. The molecule has 1 atom stereocenters. The molecule has 8 heteroatoms. The van der Waals surface area contributed by atoms with Crippen LogP contribution in [0, 0.1) is 0 Å². The first-order valence-corrected chi connectivity index (χ1v) is 6.92. The first-order chi connectivity index (χ1) is 11.3. The lowest BCUT2D eigenvalue weighted by atomic mass is 10.2. The van der Waals surface area contributed by atoms with Crippen molar-refractivity contribution in [2.75, 3.05) is 0 Å². The topological polar surface area (TPSA) is 73.6 Å². The maximum atomic E-state index is 12.5. The molecule has 0 spiro atoms. The first-order valence-electron chi connectivity index (χ1n) is 6.92. The zero-order valence-corrected chi connectivity index (χ0v) is 12.6. The lowest BCUT2D eigenvalue weighted by Crippen LogP contribution is -2.40. The van der Waals surface area contributed by atoms with Gasteiger partial charge in [-0.05, 0) is 55.5 Å². The van der Waals surface area contributed by atoms with Crippen molar-refractivity contribution in [2.45, 2.75) is 19.2 Å². The summed E-state index contributed by atoms with van der Waals surface area (Å²) in [5, 5.41) is 0. The Bertz CT molecular complexity index is 685. The van der Waals surface area contributed by atoms with E-state index in [-0.39, 0.29) is 5.75 Å². The molecule has 0 fully saturated rings. The van der Waals surface area contributed by atoms with E-state index in [9.17, 15) is 18.0 Å². The average molecular weight is 340 g/mol. The Morgan fingerprint density at radius 3 is 1.92 bits per heavy atom. The molecule has 128 valence electrons. The van der Waals surface area contributed by atoms with Gasteiger partial charge in [-0.3, -0.25) is 10.2 Å². The van der Waals surface area contributed by atoms with Gasteiger partial charge in [-0.15, -0.1) is 0 Å². The van der Waals surface area contributed by atoms with Crippen LogP contribution in [0.3, 0.4) is 0 Å². The van der Waals surface area contributed by atoms with Crippen LogP contribution in [0.5, 0.6) is 17.2 Å². The van der Waals surface area contributed by atoms with Gasteiger partial charge in [0.15, 0.2) is 6.10 Å². The Morgan fingerprint density at radius 1 is 1.00 bits per heavy atom. The number of rotatable bonds is 5. The highest BCUT2D eigenvalue weighted by Crippen LogP contribution is 2.31. The van der Waals surface area contributed by atoms with Crippen molar-refractivity contribution in [1.29, 1.82) is 0 Å². The minimum Gasteiger partial charge on any atom is -0.481 e. The van der Waals surface area contributed by atoms with E-state index in [2.05, 4.69) is 0 Å². The van der Waals surface area contributed by atoms with E-state index >= 15 is 0 Å². The minimum atomic E-state index is -4.38. The van der Waals surface area contributed by atoms with E-state index in [0.717, 1.165) is 12.1 Å². The molecule has 0 aliphatic carbocycles. The Hall–Kier alpha value is -2.74. The number of nitrogens with two attached hydrogens (primary N) is 1. The van der Waals surface area contributed by atoms with Gasteiger partial charge < -0.3 is 9.47 Å². The summed E-state index contributed by atoms with van der Waals surface area (Å²) in [7, 11) is 0. The number of nitrogens with one attached hydrogen (secondary N) is 1. The van der Waals surface area contributed by atoms with E-state index in [1.54, 1.807) is 24.3 Å². The molecule has 0 bridgehead atoms. The predicted molar refractivity (Wildman–Crippen MR) is 80.4 cm³/mol. The van der Waals surface area contributed by atoms with Crippen LogP contribution in [0.2, 0.25) is 0 Å². The van der Waals surface area contributed by atoms with Gasteiger partial charge in [-0.25, -0.2) is 5.84 Å². The lowest BCUT2D eigenvalue weighted by Gasteiger charge is -2.13. The molecule has 2 aromatic carbocycles. The molecule has 0 saturated heterocycles. The molecule has 0 saturated carbocycles. The van der Waals surface area contributed by atoms with Gasteiger partial charge >= 0.3 is 6.18 Å². The Balaban J connectivity index is 2.00. The number of halogens is 3. The van der Waals surface area contributed by atoms with Crippen LogP contribution in [-0.2, 0) is 11.0 Å². The van der Waals surface area contributed by atoms with Crippen LogP contribution in [0.4, 0.5) is 13.2 Å². The van der Waals surface area contributed by atoms with Crippen LogP contribution in [0.15, 0.2) is 48.5 Å². The summed E-state index contributed by atoms with van der Waals surface area (Å²) < 4.78 is 48.3. The largest absolute Gasteiger partial charge is 0.481 e. The second-order valence-electron chi connectivity index (χ2n) is 4.86. The third-order valence-electron chi connectivity index (χ3n) is 3.07. The summed E-state index contributed by atoms with van der Waals surface area (Å²) in [5.41, 5.74) is 1.23. The summed E-state index contributed by atoms with van der Waals surface area (Å²) in [4.78, 5) is 11.3. The zero-order valence-electron chi connectivity index (χ0n) is 12.6. The second-order valence-corrected chi connectivity index (χ2v) is 4.86. The average Bonchev–Trinajstić information content (AvgIpc) is 2.55. The normalized spacial score (nSPS) is 12.4. The molecule has 2 rings (SSSR count). The highest BCUT2D eigenvalue weighted by Gasteiger charge is 2.30. The summed E-state index contributed by atoms with van der Waals surface area (Å²) in [6.45, 7) is 1.54. The van der Waals surface area contributed by atoms with E-state index in [0.29, 0.717) is 11.5 Å². The highest BCUT2D eigenvalue weighted by atomic mass is 19.4. The van der Waals surface area contributed by atoms with Gasteiger partial charge in [-0.2, -0.15) is 13.2 Å². The van der Waals surface area contributed by atoms with Gasteiger partial charge in [0.2, 0.25) is 0 Å². The molecule has 5 nitrogen and oxygen atoms in total. The number of ether oxygens (including phenoxy) is 2. The monoisotopic (exact) mass is 340 g/mol. The standard InChI is InChI=1S/C16H15F3N2O3/c1-10(15(22)21-20)23-12-6-8-14(9-7-12)24-13-4-2-11(3-5-13)16(17,18)19/h2-10H,20H2,1H3,(H,21,22). The van der Waals surface area contributed by atoms with Crippen molar-refractivity contribution in [3.63, 3.8) is 0 Å². The van der Waals surface area contributed by atoms with Gasteiger partial charge in [0.05, 0.1) is 5.56 Å². The molecule has 0 heterocycles. The van der Waals surface area contributed by atoms with Crippen molar-refractivity contribution in [2.24, 2.45) is 5.84 Å². The predicted octanol–water partition coefficient (Wildman–Crippen LogP) is 3.25. The van der Waals surface area contributed by atoms with Crippen molar-refractivity contribution in [3.8, 4) is 17.2 Å². The van der Waals surface area contributed by atoms with Crippen molar-refractivity contribution >= 4 is 5.91 Å². The lowest BCUT2D eigenvalue weighted by molar-refractivity contribution is -0.137. The number of alkyl halides is 3. The molecular formula is C16H15F3N2O3. The van der Waals surface area contributed by atoms with E-state index in [1.807, 2.05) is 5.43 Å². The molecule has 2 aromatic rings. The molecule has 3 N–H and O–H groups in total. The Morgan fingerprint density at radius 2 is 1.46 bits per heavy atom. The quantitative estimate of drug-likeness (QED) is 0.498. The third kappa shape index (κ3) is 4.63. The van der Waals surface area contributed by atoms with E-state index in [4.69, 9.17) is 15.3 Å². The number of hydrogen-bond acceptors (Lipinski definition) is 4. The fourth-order valence-corrected chi connectivity index (χ4v) is 1.81. The molecule has 0 aliphatic rings. The van der Waals surface area contributed by atoms with Crippen LogP contribution in [0.25, 0.3) is 0 Å². The summed E-state index contributed by atoms with van der Waals surface area (Å²) >= 11 is 0. The maximum Gasteiger partial charge on any atom is 0.416 e. The second kappa shape index (κ2) is 7.22. The number of benzene rings is 2. The molecule has 0 aliphatic heterocycles. The smallest absolute Gasteiger partial charge is 0.416 e. The van der Waals surface area contributed by atoms with Gasteiger partial charge in [-0.1, -0.05) is 0 Å². The molecule has 24 heavy (non-hydrogen) atoms. The molecular weight excluding hydrogens is 325 g/mol. The Labute approximate surface area is 136 Å². The minimum absolute atomic E-state index is 0.271. The van der Waals surface area contributed by atoms with Gasteiger partial charge in [0.1, 0.15) is 17.2 Å².